The van der Waals surface area contributed by atoms with E-state index in [0.717, 1.165) is 26.8 Å². The molecule has 0 radical (unpaired) electrons. The average molecular weight is 551 g/mol. The molecule has 3 aromatic carbocycles. The monoisotopic (exact) mass is 550 g/mol. The predicted octanol–water partition coefficient (Wildman–Crippen LogP) is 7.37. The van der Waals surface area contributed by atoms with Crippen molar-refractivity contribution in [2.75, 3.05) is 0 Å². The molecular formula is C36H26N2O4. The molecule has 6 heteroatoms. The Bertz CT molecular complexity index is 1920. The van der Waals surface area contributed by atoms with Crippen LogP contribution in [0.3, 0.4) is 0 Å². The molecule has 0 N–H and O–H groups in total. The minimum atomic E-state index is -1.13. The quantitative estimate of drug-likeness (QED) is 0.185. The van der Waals surface area contributed by atoms with Crippen LogP contribution in [-0.4, -0.2) is 33.3 Å². The van der Waals surface area contributed by atoms with E-state index in [1.54, 1.807) is 61.5 Å². The lowest BCUT2D eigenvalue weighted by Gasteiger charge is -2.20. The molecule has 0 atom stereocenters. The van der Waals surface area contributed by atoms with Crippen LogP contribution >= 0.6 is 0 Å². The third kappa shape index (κ3) is 3.91. The number of ketones is 2. The lowest BCUT2D eigenvalue weighted by molar-refractivity contribution is 0.0733. The summed E-state index contributed by atoms with van der Waals surface area (Å²) in [4.78, 5) is 60.4. The third-order valence-corrected chi connectivity index (χ3v) is 7.82. The second-order valence-electron chi connectivity index (χ2n) is 10.1. The van der Waals surface area contributed by atoms with Gasteiger partial charge in [0.15, 0.2) is 11.6 Å². The van der Waals surface area contributed by atoms with Gasteiger partial charge in [0.05, 0.1) is 28.2 Å². The van der Waals surface area contributed by atoms with E-state index in [-0.39, 0.29) is 39.8 Å². The number of hydrogen-bond donors (Lipinski definition) is 0. The maximum absolute atomic E-state index is 13.7. The van der Waals surface area contributed by atoms with E-state index in [9.17, 15) is 19.2 Å². The average Bonchev–Trinajstić information content (AvgIpc) is 3.39. The third-order valence-electron chi connectivity index (χ3n) is 7.82. The smallest absolute Gasteiger partial charge is 0.266 e. The fourth-order valence-electron chi connectivity index (χ4n) is 5.77. The zero-order valence-corrected chi connectivity index (χ0v) is 23.2. The van der Waals surface area contributed by atoms with Gasteiger partial charge in [-0.1, -0.05) is 73.9 Å². The fourth-order valence-corrected chi connectivity index (χ4v) is 5.77. The largest absolute Gasteiger partial charge is 0.293 e. The molecule has 0 saturated carbocycles. The molecule has 42 heavy (non-hydrogen) atoms. The van der Waals surface area contributed by atoms with Gasteiger partial charge in [-0.05, 0) is 66.1 Å². The summed E-state index contributed by atoms with van der Waals surface area (Å²) in [5.41, 5.74) is 4.08. The van der Waals surface area contributed by atoms with Gasteiger partial charge < -0.3 is 0 Å². The molecule has 204 valence electrons. The van der Waals surface area contributed by atoms with Gasteiger partial charge in [0, 0.05) is 16.7 Å². The van der Waals surface area contributed by atoms with Gasteiger partial charge >= 0.3 is 0 Å². The summed E-state index contributed by atoms with van der Waals surface area (Å²) in [7, 11) is 0. The summed E-state index contributed by atoms with van der Waals surface area (Å²) in [6.45, 7) is 11.3. The highest BCUT2D eigenvalue weighted by atomic mass is 16.2. The zero-order chi connectivity index (χ0) is 29.7. The Morgan fingerprint density at radius 1 is 0.738 bits per heavy atom. The van der Waals surface area contributed by atoms with Crippen molar-refractivity contribution in [2.24, 2.45) is 0 Å². The number of Topliss-reactive ketones (excluding diaryl/α,β-unsaturated/α-hetero) is 2. The van der Waals surface area contributed by atoms with Gasteiger partial charge in [0.2, 0.25) is 0 Å². The molecule has 2 heterocycles. The molecule has 6 nitrogen and oxygen atoms in total. The zero-order valence-electron chi connectivity index (χ0n) is 23.2. The number of carbonyl (C=O) groups excluding carboxylic acids is 4. The van der Waals surface area contributed by atoms with E-state index in [1.165, 1.54) is 0 Å². The maximum atomic E-state index is 13.7. The summed E-state index contributed by atoms with van der Waals surface area (Å²) < 4.78 is 0. The highest BCUT2D eigenvalue weighted by Crippen LogP contribution is 2.38. The number of imide groups is 1. The predicted molar refractivity (Wildman–Crippen MR) is 165 cm³/mol. The molecule has 1 aliphatic heterocycles. The minimum Gasteiger partial charge on any atom is -0.293 e. The second kappa shape index (κ2) is 10.2. The van der Waals surface area contributed by atoms with Gasteiger partial charge in [0.25, 0.3) is 11.8 Å². The van der Waals surface area contributed by atoms with Gasteiger partial charge in [-0.25, -0.2) is 9.88 Å². The van der Waals surface area contributed by atoms with Crippen LogP contribution in [0, 0.1) is 0 Å². The molecule has 6 rings (SSSR count). The van der Waals surface area contributed by atoms with Crippen LogP contribution in [-0.2, 0) is 0 Å². The van der Waals surface area contributed by atoms with E-state index in [1.807, 2.05) is 43.3 Å². The number of pyridine rings is 1. The molecule has 0 fully saturated rings. The standard InChI is InChI=1S/C36H26N2O4/c1-5-11-22-19-28-27(16-21(22)7-3)35(41)38(36(28)42)30(8-4)32-20(6-2)14-15-29(37-32)31-33(39)25-17-23-12-9-10-13-24(23)18-26(25)34(31)40/h5-19,31H,2-3H2,1,4H3/b11-5-,30-8+. The van der Waals surface area contributed by atoms with Crippen molar-refractivity contribution in [3.05, 3.63) is 136 Å². The molecular weight excluding hydrogens is 524 g/mol. The Balaban J connectivity index is 1.43. The van der Waals surface area contributed by atoms with Crippen molar-refractivity contribution in [3.8, 4) is 0 Å². The van der Waals surface area contributed by atoms with Crippen molar-refractivity contribution in [1.82, 2.24) is 9.88 Å². The molecule has 0 unspecified atom stereocenters. The number of rotatable bonds is 6. The Labute approximate surface area is 243 Å². The summed E-state index contributed by atoms with van der Waals surface area (Å²) in [6.07, 6.45) is 8.54. The first-order valence-corrected chi connectivity index (χ1v) is 13.6. The van der Waals surface area contributed by atoms with Crippen LogP contribution in [0.4, 0.5) is 0 Å². The lowest BCUT2D eigenvalue weighted by atomic mass is 9.97. The van der Waals surface area contributed by atoms with Crippen molar-refractivity contribution in [3.63, 3.8) is 0 Å². The molecule has 0 saturated heterocycles. The number of fused-ring (bicyclic) bond motifs is 3. The first-order chi connectivity index (χ1) is 20.3. The van der Waals surface area contributed by atoms with Gasteiger partial charge in [0.1, 0.15) is 5.92 Å². The molecule has 1 aromatic heterocycles. The number of benzene rings is 3. The van der Waals surface area contributed by atoms with Crippen molar-refractivity contribution >= 4 is 58.1 Å². The second-order valence-corrected chi connectivity index (χ2v) is 10.1. The molecule has 2 aliphatic rings. The van der Waals surface area contributed by atoms with E-state index in [2.05, 4.69) is 13.2 Å². The Kier molecular flexibility index (Phi) is 6.46. The van der Waals surface area contributed by atoms with E-state index < -0.39 is 17.7 Å². The van der Waals surface area contributed by atoms with Crippen LogP contribution < -0.4 is 0 Å². The fraction of sp³-hybridized carbons (Fsp3) is 0.0833. The van der Waals surface area contributed by atoms with Gasteiger partial charge in [-0.3, -0.25) is 19.2 Å². The van der Waals surface area contributed by atoms with Gasteiger partial charge in [-0.15, -0.1) is 0 Å². The Morgan fingerprint density at radius 3 is 1.83 bits per heavy atom. The number of aromatic nitrogens is 1. The molecule has 0 spiro atoms. The number of allylic oxidation sites excluding steroid dienone is 2. The highest BCUT2D eigenvalue weighted by molar-refractivity contribution is 6.31. The number of carbonyl (C=O) groups is 4. The van der Waals surface area contributed by atoms with Crippen LogP contribution in [0.2, 0.25) is 0 Å². The van der Waals surface area contributed by atoms with Crippen LogP contribution in [0.25, 0.3) is 34.7 Å². The summed E-state index contributed by atoms with van der Waals surface area (Å²) >= 11 is 0. The molecule has 1 aliphatic carbocycles. The van der Waals surface area contributed by atoms with Crippen LogP contribution in [0.15, 0.2) is 86.0 Å². The first kappa shape index (κ1) is 26.7. The summed E-state index contributed by atoms with van der Waals surface area (Å²) in [5, 5.41) is 1.74. The van der Waals surface area contributed by atoms with E-state index in [4.69, 9.17) is 4.98 Å². The van der Waals surface area contributed by atoms with Gasteiger partial charge in [-0.2, -0.15) is 0 Å². The van der Waals surface area contributed by atoms with Crippen molar-refractivity contribution in [1.29, 1.82) is 0 Å². The van der Waals surface area contributed by atoms with Crippen molar-refractivity contribution in [2.45, 2.75) is 19.8 Å². The van der Waals surface area contributed by atoms with Crippen LogP contribution in [0.5, 0.6) is 0 Å². The number of nitrogens with zero attached hydrogens (tertiary/aromatic N) is 2. The Hall–Kier alpha value is -5.49. The maximum Gasteiger partial charge on any atom is 0.266 e. The highest BCUT2D eigenvalue weighted by Gasteiger charge is 2.42. The van der Waals surface area contributed by atoms with Crippen molar-refractivity contribution < 1.29 is 19.2 Å². The van der Waals surface area contributed by atoms with E-state index in [0.29, 0.717) is 16.7 Å². The molecule has 0 bridgehead atoms. The lowest BCUT2D eigenvalue weighted by Crippen LogP contribution is -2.29. The number of hydrogen-bond acceptors (Lipinski definition) is 5. The SMILES string of the molecule is C=Cc1cc2c(cc1/C=C\C)C(=O)N(/C(=C/C)c1nc(C3C(=O)c4cc5ccccc5cc4C3=O)ccc1C=C)C2=O. The summed E-state index contributed by atoms with van der Waals surface area (Å²) in [6, 6.07) is 17.7. The molecule has 4 aromatic rings. The van der Waals surface area contributed by atoms with Crippen LogP contribution in [0.1, 0.15) is 89.3 Å². The van der Waals surface area contributed by atoms with E-state index >= 15 is 0 Å². The summed E-state index contributed by atoms with van der Waals surface area (Å²) in [5.74, 6) is -2.77. The molecule has 2 amide bonds. The topological polar surface area (TPSA) is 84.4 Å². The Morgan fingerprint density at radius 2 is 1.31 bits per heavy atom. The normalized spacial score (nSPS) is 15.2. The minimum absolute atomic E-state index is 0.242. The number of amides is 2. The first-order valence-electron chi connectivity index (χ1n) is 13.6.